The molecule has 0 atom stereocenters. The Kier molecular flexibility index (Phi) is 3.05. The molecule has 0 spiro atoms. The van der Waals surface area contributed by atoms with Gasteiger partial charge in [-0.1, -0.05) is 41.0 Å². The predicted octanol–water partition coefficient (Wildman–Crippen LogP) is 3.97. The summed E-state index contributed by atoms with van der Waals surface area (Å²) in [4.78, 5) is 8.55. The molecule has 0 bridgehead atoms. The van der Waals surface area contributed by atoms with Gasteiger partial charge in [0.2, 0.25) is 0 Å². The molecular weight excluding hydrogens is 251 g/mol. The number of rotatable bonds is 1. The molecular formula is C10H8Cl2N2S. The molecule has 15 heavy (non-hydrogen) atoms. The third-order valence-corrected chi connectivity index (χ3v) is 3.26. The van der Waals surface area contributed by atoms with Gasteiger partial charge in [-0.05, 0) is 24.8 Å². The first-order valence-electron chi connectivity index (χ1n) is 4.30. The zero-order valence-corrected chi connectivity index (χ0v) is 10.5. The number of nitrogens with zero attached hydrogens (tertiary/aromatic N) is 2. The van der Waals surface area contributed by atoms with Crippen LogP contribution in [-0.2, 0) is 0 Å². The van der Waals surface area contributed by atoms with Gasteiger partial charge < -0.3 is 0 Å². The Morgan fingerprint density at radius 2 is 1.93 bits per heavy atom. The topological polar surface area (TPSA) is 25.8 Å². The van der Waals surface area contributed by atoms with E-state index in [1.54, 1.807) is 0 Å². The van der Waals surface area contributed by atoms with Crippen LogP contribution in [0.2, 0.25) is 10.2 Å². The Hall–Kier alpha value is -0.510. The summed E-state index contributed by atoms with van der Waals surface area (Å²) >= 11 is 13.6. The van der Waals surface area contributed by atoms with Crippen molar-refractivity contribution >= 4 is 45.9 Å². The molecule has 0 unspecified atom stereocenters. The van der Waals surface area contributed by atoms with E-state index in [2.05, 4.69) is 9.97 Å². The van der Waals surface area contributed by atoms with E-state index in [1.165, 1.54) is 11.8 Å². The normalized spacial score (nSPS) is 10.9. The Morgan fingerprint density at radius 3 is 2.60 bits per heavy atom. The quantitative estimate of drug-likeness (QED) is 0.440. The van der Waals surface area contributed by atoms with E-state index in [1.807, 2.05) is 25.3 Å². The van der Waals surface area contributed by atoms with Gasteiger partial charge in [-0.2, -0.15) is 0 Å². The Bertz CT molecular complexity index is 528. The molecule has 0 radical (unpaired) electrons. The lowest BCUT2D eigenvalue weighted by Gasteiger charge is -2.06. The smallest absolute Gasteiger partial charge is 0.189 e. The van der Waals surface area contributed by atoms with Crippen molar-refractivity contribution in [2.45, 2.75) is 12.1 Å². The minimum atomic E-state index is 0.415. The molecule has 0 aliphatic carbocycles. The van der Waals surface area contributed by atoms with E-state index in [4.69, 9.17) is 23.2 Å². The van der Waals surface area contributed by atoms with Crippen LogP contribution in [-0.4, -0.2) is 16.2 Å². The van der Waals surface area contributed by atoms with Crippen molar-refractivity contribution in [3.63, 3.8) is 0 Å². The van der Waals surface area contributed by atoms with Gasteiger partial charge in [-0.25, -0.2) is 9.97 Å². The Morgan fingerprint density at radius 1 is 1.20 bits per heavy atom. The van der Waals surface area contributed by atoms with Crippen LogP contribution < -0.4 is 0 Å². The van der Waals surface area contributed by atoms with E-state index >= 15 is 0 Å². The van der Waals surface area contributed by atoms with Crippen LogP contribution in [0.3, 0.4) is 0 Å². The molecule has 0 amide bonds. The van der Waals surface area contributed by atoms with E-state index in [-0.39, 0.29) is 0 Å². The largest absolute Gasteiger partial charge is 0.222 e. The summed E-state index contributed by atoms with van der Waals surface area (Å²) in [5.74, 6) is 0. The number of fused-ring (bicyclic) bond motifs is 1. The molecule has 1 heterocycles. The summed E-state index contributed by atoms with van der Waals surface area (Å²) in [6.07, 6.45) is 1.91. The molecule has 0 fully saturated rings. The number of hydrogen-bond acceptors (Lipinski definition) is 3. The van der Waals surface area contributed by atoms with Crippen LogP contribution in [0.4, 0.5) is 0 Å². The van der Waals surface area contributed by atoms with Crippen LogP contribution in [0.5, 0.6) is 0 Å². The Labute approximate surface area is 102 Å². The highest BCUT2D eigenvalue weighted by Gasteiger charge is 2.10. The Balaban J connectivity index is 2.90. The van der Waals surface area contributed by atoms with E-state index in [9.17, 15) is 0 Å². The zero-order chi connectivity index (χ0) is 11.0. The molecule has 1 aromatic carbocycles. The van der Waals surface area contributed by atoms with Crippen molar-refractivity contribution in [3.05, 3.63) is 27.9 Å². The van der Waals surface area contributed by atoms with Crippen molar-refractivity contribution in [1.82, 2.24) is 9.97 Å². The maximum absolute atomic E-state index is 6.07. The second kappa shape index (κ2) is 4.16. The molecule has 0 N–H and O–H groups in total. The van der Waals surface area contributed by atoms with Gasteiger partial charge >= 0.3 is 0 Å². The number of aromatic nitrogens is 2. The molecule has 2 nitrogen and oxygen atoms in total. The maximum atomic E-state index is 6.07. The molecule has 78 valence electrons. The molecule has 0 aliphatic heterocycles. The second-order valence-electron chi connectivity index (χ2n) is 3.09. The van der Waals surface area contributed by atoms with Crippen molar-refractivity contribution < 1.29 is 0 Å². The number of benzene rings is 1. The monoisotopic (exact) mass is 258 g/mol. The minimum absolute atomic E-state index is 0.415. The molecule has 0 aliphatic rings. The van der Waals surface area contributed by atoms with Crippen LogP contribution in [0.15, 0.2) is 17.3 Å². The fourth-order valence-corrected chi connectivity index (χ4v) is 2.34. The summed E-state index contributed by atoms with van der Waals surface area (Å²) in [5, 5.41) is 2.40. The number of aryl methyl sites for hydroxylation is 1. The second-order valence-corrected chi connectivity index (χ2v) is 4.63. The highest BCUT2D eigenvalue weighted by Crippen LogP contribution is 2.31. The predicted molar refractivity (Wildman–Crippen MR) is 66.1 cm³/mol. The zero-order valence-electron chi connectivity index (χ0n) is 8.21. The van der Waals surface area contributed by atoms with Gasteiger partial charge in [0.15, 0.2) is 5.16 Å². The van der Waals surface area contributed by atoms with Crippen molar-refractivity contribution in [3.8, 4) is 0 Å². The van der Waals surface area contributed by atoms with Gasteiger partial charge in [0.05, 0.1) is 15.9 Å². The lowest BCUT2D eigenvalue weighted by atomic mass is 10.1. The van der Waals surface area contributed by atoms with Crippen LogP contribution in [0.25, 0.3) is 10.9 Å². The summed E-state index contributed by atoms with van der Waals surface area (Å²) in [6, 6.07) is 3.74. The third kappa shape index (κ3) is 1.92. The first kappa shape index (κ1) is 11.0. The molecule has 1 aromatic heterocycles. The summed E-state index contributed by atoms with van der Waals surface area (Å²) < 4.78 is 0. The minimum Gasteiger partial charge on any atom is -0.222 e. The molecule has 2 rings (SSSR count). The third-order valence-electron chi connectivity index (χ3n) is 2.12. The van der Waals surface area contributed by atoms with Crippen LogP contribution >= 0.6 is 35.0 Å². The van der Waals surface area contributed by atoms with Gasteiger partial charge in [-0.3, -0.25) is 0 Å². The van der Waals surface area contributed by atoms with Gasteiger partial charge in [0, 0.05) is 0 Å². The molecule has 2 aromatic rings. The van der Waals surface area contributed by atoms with E-state index in [0.717, 1.165) is 16.5 Å². The van der Waals surface area contributed by atoms with E-state index in [0.29, 0.717) is 15.3 Å². The highest BCUT2D eigenvalue weighted by atomic mass is 35.5. The lowest BCUT2D eigenvalue weighted by molar-refractivity contribution is 1.00. The first-order valence-corrected chi connectivity index (χ1v) is 6.28. The summed E-state index contributed by atoms with van der Waals surface area (Å²) in [6.45, 7) is 1.98. The number of thioether (sulfide) groups is 1. The summed E-state index contributed by atoms with van der Waals surface area (Å²) in [5.41, 5.74) is 1.88. The fourth-order valence-electron chi connectivity index (χ4n) is 1.36. The SMILES string of the molecule is CSc1nc(Cl)c2c(Cl)ccc(C)c2n1. The lowest BCUT2D eigenvalue weighted by Crippen LogP contribution is -1.92. The standard InChI is InChI=1S/C10H8Cl2N2S/c1-5-3-4-6(11)7-8(5)13-10(15-2)14-9(7)12/h3-4H,1-2H3. The summed E-state index contributed by atoms with van der Waals surface area (Å²) in [7, 11) is 0. The first-order chi connectivity index (χ1) is 7.13. The van der Waals surface area contributed by atoms with E-state index < -0.39 is 0 Å². The van der Waals surface area contributed by atoms with Crippen LogP contribution in [0.1, 0.15) is 5.56 Å². The van der Waals surface area contributed by atoms with Gasteiger partial charge in [0.1, 0.15) is 5.15 Å². The van der Waals surface area contributed by atoms with Gasteiger partial charge in [-0.15, -0.1) is 0 Å². The van der Waals surface area contributed by atoms with Gasteiger partial charge in [0.25, 0.3) is 0 Å². The molecule has 0 saturated heterocycles. The van der Waals surface area contributed by atoms with Crippen molar-refractivity contribution in [2.75, 3.05) is 6.26 Å². The van der Waals surface area contributed by atoms with Crippen molar-refractivity contribution in [1.29, 1.82) is 0 Å². The average Bonchev–Trinajstić information content (AvgIpc) is 2.23. The number of halogens is 2. The maximum Gasteiger partial charge on any atom is 0.189 e. The van der Waals surface area contributed by atoms with Crippen molar-refractivity contribution in [2.24, 2.45) is 0 Å². The average molecular weight is 259 g/mol. The molecule has 5 heteroatoms. The number of hydrogen-bond donors (Lipinski definition) is 0. The highest BCUT2D eigenvalue weighted by molar-refractivity contribution is 7.98. The fraction of sp³-hybridized carbons (Fsp3) is 0.200. The van der Waals surface area contributed by atoms with Crippen LogP contribution in [0, 0.1) is 6.92 Å². The molecule has 0 saturated carbocycles.